The Balaban J connectivity index is 2.58. The van der Waals surface area contributed by atoms with Crippen LogP contribution in [0.2, 0.25) is 0 Å². The van der Waals surface area contributed by atoms with Gasteiger partial charge in [0.15, 0.2) is 0 Å². The predicted octanol–water partition coefficient (Wildman–Crippen LogP) is 4.62. The molecular formula is C11H8BrF3N2S. The predicted molar refractivity (Wildman–Crippen MR) is 68.4 cm³/mol. The minimum atomic E-state index is -4.43. The molecule has 0 fully saturated rings. The Morgan fingerprint density at radius 2 is 1.94 bits per heavy atom. The highest BCUT2D eigenvalue weighted by Crippen LogP contribution is 2.29. The summed E-state index contributed by atoms with van der Waals surface area (Å²) >= 11 is 8.24. The molecular weight excluding hydrogens is 329 g/mol. The smallest absolute Gasteiger partial charge is 0.288 e. The molecule has 1 aromatic carbocycles. The number of alkyl halides is 3. The number of nitrogens with zero attached hydrogens (tertiary/aromatic N) is 1. The molecule has 0 aliphatic carbocycles. The molecule has 1 aromatic heterocycles. The van der Waals surface area contributed by atoms with Gasteiger partial charge in [-0.2, -0.15) is 13.2 Å². The Hall–Kier alpha value is -1.08. The minimum Gasteiger partial charge on any atom is -0.288 e. The third-order valence-electron chi connectivity index (χ3n) is 2.43. The number of benzene rings is 1. The third-order valence-corrected chi connectivity index (χ3v) is 3.22. The largest absolute Gasteiger partial charge is 0.432 e. The second-order valence-corrected chi connectivity index (χ2v) is 5.11. The number of nitrogens with one attached hydrogen (secondary N) is 1. The first-order chi connectivity index (χ1) is 8.29. The fraction of sp³-hybridized carbons (Fsp3) is 0.182. The molecule has 0 aliphatic heterocycles. The van der Waals surface area contributed by atoms with Gasteiger partial charge in [-0.25, -0.2) is 4.68 Å². The molecule has 2 nitrogen and oxygen atoms in total. The highest BCUT2D eigenvalue weighted by Gasteiger charge is 2.33. The van der Waals surface area contributed by atoms with Crippen molar-refractivity contribution in [2.75, 3.05) is 0 Å². The van der Waals surface area contributed by atoms with Crippen molar-refractivity contribution in [3.05, 3.63) is 44.6 Å². The molecule has 0 aliphatic rings. The van der Waals surface area contributed by atoms with E-state index in [0.29, 0.717) is 5.69 Å². The zero-order chi connectivity index (χ0) is 13.5. The first kappa shape index (κ1) is 13.4. The molecule has 0 bridgehead atoms. The SMILES string of the molecule is Cc1cc(Br)ccc1-n1[nH]c(C(F)(F)F)cc1=S. The second-order valence-electron chi connectivity index (χ2n) is 3.77. The van der Waals surface area contributed by atoms with Crippen LogP contribution in [-0.4, -0.2) is 9.78 Å². The minimum absolute atomic E-state index is 0.0905. The maximum Gasteiger partial charge on any atom is 0.432 e. The Morgan fingerprint density at radius 3 is 2.44 bits per heavy atom. The monoisotopic (exact) mass is 336 g/mol. The van der Waals surface area contributed by atoms with E-state index in [4.69, 9.17) is 12.2 Å². The lowest BCUT2D eigenvalue weighted by Crippen LogP contribution is -2.07. The summed E-state index contributed by atoms with van der Waals surface area (Å²) in [5.41, 5.74) is 0.560. The first-order valence-corrected chi connectivity index (χ1v) is 6.15. The number of H-pyrrole nitrogens is 1. The highest BCUT2D eigenvalue weighted by molar-refractivity contribution is 9.10. The van der Waals surface area contributed by atoms with Gasteiger partial charge in [0.25, 0.3) is 0 Å². The van der Waals surface area contributed by atoms with Gasteiger partial charge < -0.3 is 0 Å². The normalized spacial score (nSPS) is 11.8. The number of hydrogen-bond acceptors (Lipinski definition) is 1. The van der Waals surface area contributed by atoms with Crippen molar-refractivity contribution in [1.82, 2.24) is 9.78 Å². The van der Waals surface area contributed by atoms with E-state index in [9.17, 15) is 13.2 Å². The number of rotatable bonds is 1. The van der Waals surface area contributed by atoms with E-state index in [1.54, 1.807) is 19.1 Å². The van der Waals surface area contributed by atoms with Gasteiger partial charge in [-0.05, 0) is 30.7 Å². The van der Waals surface area contributed by atoms with E-state index in [1.165, 1.54) is 4.68 Å². The maximum absolute atomic E-state index is 12.6. The van der Waals surface area contributed by atoms with E-state index in [-0.39, 0.29) is 4.64 Å². The first-order valence-electron chi connectivity index (χ1n) is 4.95. The molecule has 0 amide bonds. The van der Waals surface area contributed by atoms with Gasteiger partial charge >= 0.3 is 6.18 Å². The van der Waals surface area contributed by atoms with E-state index >= 15 is 0 Å². The Morgan fingerprint density at radius 1 is 1.28 bits per heavy atom. The Labute approximate surface area is 115 Å². The van der Waals surface area contributed by atoms with E-state index in [0.717, 1.165) is 16.1 Å². The van der Waals surface area contributed by atoms with Gasteiger partial charge in [-0.1, -0.05) is 28.1 Å². The molecule has 7 heteroatoms. The van der Waals surface area contributed by atoms with Crippen LogP contribution in [0.3, 0.4) is 0 Å². The van der Waals surface area contributed by atoms with E-state index in [1.807, 2.05) is 6.07 Å². The molecule has 1 N–H and O–H groups in total. The van der Waals surface area contributed by atoms with Gasteiger partial charge in [0.05, 0.1) is 5.69 Å². The van der Waals surface area contributed by atoms with Gasteiger partial charge in [0, 0.05) is 10.5 Å². The van der Waals surface area contributed by atoms with Crippen LogP contribution in [-0.2, 0) is 6.18 Å². The molecule has 2 aromatic rings. The standard InChI is InChI=1S/C11H8BrF3N2S/c1-6-4-7(12)2-3-8(6)17-10(18)5-9(16-17)11(13,14)15/h2-5,16H,1H3. The van der Waals surface area contributed by atoms with Crippen molar-refractivity contribution >= 4 is 28.1 Å². The van der Waals surface area contributed by atoms with Crippen molar-refractivity contribution in [2.45, 2.75) is 13.1 Å². The second kappa shape index (κ2) is 4.55. The fourth-order valence-electron chi connectivity index (χ4n) is 1.59. The number of aryl methyl sites for hydroxylation is 1. The van der Waals surface area contributed by atoms with Crippen LogP contribution < -0.4 is 0 Å². The van der Waals surface area contributed by atoms with Crippen molar-refractivity contribution in [2.24, 2.45) is 0 Å². The van der Waals surface area contributed by atoms with Crippen LogP contribution in [0.1, 0.15) is 11.3 Å². The number of aromatic nitrogens is 2. The van der Waals surface area contributed by atoms with Crippen LogP contribution in [0, 0.1) is 11.6 Å². The molecule has 96 valence electrons. The Kier molecular flexibility index (Phi) is 3.37. The van der Waals surface area contributed by atoms with Crippen LogP contribution >= 0.6 is 28.1 Å². The fourth-order valence-corrected chi connectivity index (χ4v) is 2.33. The van der Waals surface area contributed by atoms with Crippen LogP contribution in [0.25, 0.3) is 5.69 Å². The third kappa shape index (κ3) is 2.51. The topological polar surface area (TPSA) is 20.7 Å². The Bertz CT molecular complexity index is 642. The summed E-state index contributed by atoms with van der Waals surface area (Å²) in [7, 11) is 0. The van der Waals surface area contributed by atoms with Gasteiger partial charge in [0.1, 0.15) is 10.3 Å². The summed E-state index contributed by atoms with van der Waals surface area (Å²) < 4.78 is 39.9. The van der Waals surface area contributed by atoms with Gasteiger partial charge in [-0.3, -0.25) is 5.10 Å². The maximum atomic E-state index is 12.6. The molecule has 0 atom stereocenters. The van der Waals surface area contributed by atoms with E-state index < -0.39 is 11.9 Å². The number of halogens is 4. The lowest BCUT2D eigenvalue weighted by atomic mass is 10.2. The summed E-state index contributed by atoms with van der Waals surface area (Å²) in [6.07, 6.45) is -4.43. The molecule has 0 saturated heterocycles. The summed E-state index contributed by atoms with van der Waals surface area (Å²) in [4.78, 5) is 0. The highest BCUT2D eigenvalue weighted by atomic mass is 79.9. The van der Waals surface area contributed by atoms with Gasteiger partial charge in [0.2, 0.25) is 0 Å². The summed E-state index contributed by atoms with van der Waals surface area (Å²) in [6.45, 7) is 1.80. The lowest BCUT2D eigenvalue weighted by Gasteiger charge is -2.08. The summed E-state index contributed by atoms with van der Waals surface area (Å²) in [5.74, 6) is 0. The van der Waals surface area contributed by atoms with Crippen LogP contribution in [0.4, 0.5) is 13.2 Å². The van der Waals surface area contributed by atoms with E-state index in [2.05, 4.69) is 21.0 Å². The molecule has 18 heavy (non-hydrogen) atoms. The average molecular weight is 337 g/mol. The zero-order valence-corrected chi connectivity index (χ0v) is 11.6. The van der Waals surface area contributed by atoms with Crippen molar-refractivity contribution < 1.29 is 13.2 Å². The number of aromatic amines is 1. The van der Waals surface area contributed by atoms with Crippen molar-refractivity contribution in [3.8, 4) is 5.69 Å². The lowest BCUT2D eigenvalue weighted by molar-refractivity contribution is -0.141. The molecule has 0 saturated carbocycles. The molecule has 0 unspecified atom stereocenters. The average Bonchev–Trinajstić information content (AvgIpc) is 2.60. The molecule has 2 rings (SSSR count). The quantitative estimate of drug-likeness (QED) is 0.753. The molecule has 0 radical (unpaired) electrons. The van der Waals surface area contributed by atoms with Crippen LogP contribution in [0.15, 0.2) is 28.7 Å². The van der Waals surface area contributed by atoms with Crippen molar-refractivity contribution in [1.29, 1.82) is 0 Å². The zero-order valence-electron chi connectivity index (χ0n) is 9.18. The number of hydrogen-bond donors (Lipinski definition) is 1. The molecule has 0 spiro atoms. The van der Waals surface area contributed by atoms with Gasteiger partial charge in [-0.15, -0.1) is 0 Å². The molecule has 1 heterocycles. The van der Waals surface area contributed by atoms with Crippen molar-refractivity contribution in [3.63, 3.8) is 0 Å². The summed E-state index contributed by atoms with van der Waals surface area (Å²) in [6, 6.07) is 6.17. The van der Waals surface area contributed by atoms with Crippen LogP contribution in [0.5, 0.6) is 0 Å². The summed E-state index contributed by atoms with van der Waals surface area (Å²) in [5, 5.41) is 2.27.